The maximum absolute atomic E-state index is 12.9. The second-order valence-electron chi connectivity index (χ2n) is 6.75. The summed E-state index contributed by atoms with van der Waals surface area (Å²) in [6, 6.07) is 11.1. The molecule has 2 aliphatic rings. The molecule has 8 nitrogen and oxygen atoms in total. The molecule has 148 valence electrons. The normalized spacial score (nSPS) is 20.4. The van der Waals surface area contributed by atoms with Crippen molar-refractivity contribution in [2.24, 2.45) is 0 Å². The van der Waals surface area contributed by atoms with Crippen molar-refractivity contribution in [3.8, 4) is 5.75 Å². The number of amides is 3. The van der Waals surface area contributed by atoms with Crippen molar-refractivity contribution in [3.05, 3.63) is 65.2 Å². The largest absolute Gasteiger partial charge is 0.497 e. The molecule has 4 rings (SSSR count). The second-order valence-corrected chi connectivity index (χ2v) is 6.75. The summed E-state index contributed by atoms with van der Waals surface area (Å²) in [6.45, 7) is 0.141. The summed E-state index contributed by atoms with van der Waals surface area (Å²) in [5.74, 6) is -1.66. The van der Waals surface area contributed by atoms with Crippen LogP contribution in [0.3, 0.4) is 0 Å². The fraction of sp³-hybridized carbons (Fsp3) is 0.238. The Kier molecular flexibility index (Phi) is 4.54. The molecular formula is C21H18N2O6. The number of imide groups is 1. The molecule has 0 aromatic heterocycles. The van der Waals surface area contributed by atoms with Crippen LogP contribution in [0.15, 0.2) is 48.5 Å². The molecule has 1 saturated heterocycles. The zero-order valence-electron chi connectivity index (χ0n) is 15.8. The third-order valence-electron chi connectivity index (χ3n) is 5.23. The number of methoxy groups -OCH3 is 2. The minimum Gasteiger partial charge on any atom is -0.497 e. The monoisotopic (exact) mass is 394 g/mol. The predicted octanol–water partition coefficient (Wildman–Crippen LogP) is 1.24. The van der Waals surface area contributed by atoms with Gasteiger partial charge in [0.1, 0.15) is 5.75 Å². The Morgan fingerprint density at radius 1 is 0.931 bits per heavy atom. The Hall–Kier alpha value is -3.68. The number of fused-ring (bicyclic) bond motifs is 1. The van der Waals surface area contributed by atoms with Crippen molar-refractivity contribution in [2.75, 3.05) is 14.2 Å². The van der Waals surface area contributed by atoms with Crippen LogP contribution in [-0.2, 0) is 20.9 Å². The number of esters is 1. The molecule has 2 aromatic rings. The summed E-state index contributed by atoms with van der Waals surface area (Å²) >= 11 is 0. The van der Waals surface area contributed by atoms with Gasteiger partial charge in [0.05, 0.1) is 25.3 Å². The zero-order chi connectivity index (χ0) is 20.7. The number of carbonyl (C=O) groups is 4. The van der Waals surface area contributed by atoms with E-state index in [0.717, 1.165) is 10.5 Å². The van der Waals surface area contributed by atoms with E-state index in [2.05, 4.69) is 0 Å². The van der Waals surface area contributed by atoms with Gasteiger partial charge in [0.2, 0.25) is 5.91 Å². The van der Waals surface area contributed by atoms with Crippen molar-refractivity contribution >= 4 is 23.7 Å². The lowest BCUT2D eigenvalue weighted by molar-refractivity contribution is -0.172. The minimum absolute atomic E-state index is 0.141. The lowest BCUT2D eigenvalue weighted by Crippen LogP contribution is -2.73. The lowest BCUT2D eigenvalue weighted by Gasteiger charge is -2.47. The first kappa shape index (κ1) is 18.7. The van der Waals surface area contributed by atoms with Gasteiger partial charge in [-0.3, -0.25) is 19.3 Å². The van der Waals surface area contributed by atoms with Gasteiger partial charge in [-0.1, -0.05) is 24.3 Å². The SMILES string of the molecule is COC(=O)C1C(N2C(=O)c3ccccc3C2=O)C(=O)N1Cc1ccc(OC)cc1. The van der Waals surface area contributed by atoms with E-state index in [1.165, 1.54) is 24.1 Å². The zero-order valence-corrected chi connectivity index (χ0v) is 15.8. The standard InChI is InChI=1S/C21H18N2O6/c1-28-13-9-7-12(8-10-13)11-22-17(21(27)29-2)16(20(22)26)23-18(24)14-5-3-4-6-15(14)19(23)25/h3-10,16-17H,11H2,1-2H3. The van der Waals surface area contributed by atoms with E-state index in [1.807, 2.05) is 0 Å². The van der Waals surface area contributed by atoms with Crippen LogP contribution in [0.1, 0.15) is 26.3 Å². The summed E-state index contributed by atoms with van der Waals surface area (Å²) < 4.78 is 9.96. The number of β-lactam (4-membered cyclic amide) rings is 1. The van der Waals surface area contributed by atoms with Crippen LogP contribution in [0.2, 0.25) is 0 Å². The molecule has 2 aromatic carbocycles. The molecule has 2 heterocycles. The van der Waals surface area contributed by atoms with Gasteiger partial charge >= 0.3 is 5.97 Å². The van der Waals surface area contributed by atoms with Crippen molar-refractivity contribution in [3.63, 3.8) is 0 Å². The van der Waals surface area contributed by atoms with Crippen LogP contribution in [-0.4, -0.2) is 59.8 Å². The third kappa shape index (κ3) is 2.84. The molecule has 2 unspecified atom stereocenters. The van der Waals surface area contributed by atoms with Crippen molar-refractivity contribution < 1.29 is 28.7 Å². The van der Waals surface area contributed by atoms with Gasteiger partial charge in [0.25, 0.3) is 11.8 Å². The minimum atomic E-state index is -1.21. The maximum Gasteiger partial charge on any atom is 0.331 e. The van der Waals surface area contributed by atoms with E-state index < -0.39 is 35.8 Å². The summed E-state index contributed by atoms with van der Waals surface area (Å²) in [5.41, 5.74) is 1.22. The molecule has 8 heteroatoms. The van der Waals surface area contributed by atoms with Gasteiger partial charge in [-0.15, -0.1) is 0 Å². The summed E-state index contributed by atoms with van der Waals surface area (Å²) in [4.78, 5) is 53.0. The first-order valence-electron chi connectivity index (χ1n) is 8.96. The van der Waals surface area contributed by atoms with E-state index >= 15 is 0 Å². The number of hydrogen-bond donors (Lipinski definition) is 0. The molecule has 29 heavy (non-hydrogen) atoms. The molecule has 0 bridgehead atoms. The molecule has 1 fully saturated rings. The topological polar surface area (TPSA) is 93.2 Å². The molecule has 0 aliphatic carbocycles. The third-order valence-corrected chi connectivity index (χ3v) is 5.23. The molecular weight excluding hydrogens is 376 g/mol. The van der Waals surface area contributed by atoms with Gasteiger partial charge in [0, 0.05) is 6.54 Å². The molecule has 2 aliphatic heterocycles. The highest BCUT2D eigenvalue weighted by Gasteiger charge is 2.59. The highest BCUT2D eigenvalue weighted by molar-refractivity contribution is 6.24. The number of hydrogen-bond acceptors (Lipinski definition) is 6. The summed E-state index contributed by atoms with van der Waals surface area (Å²) in [6.07, 6.45) is 0. The highest BCUT2D eigenvalue weighted by Crippen LogP contribution is 2.34. The fourth-order valence-electron chi connectivity index (χ4n) is 3.72. The Labute approximate surface area is 166 Å². The molecule has 0 saturated carbocycles. The smallest absolute Gasteiger partial charge is 0.331 e. The van der Waals surface area contributed by atoms with Crippen LogP contribution in [0.25, 0.3) is 0 Å². The van der Waals surface area contributed by atoms with Crippen molar-refractivity contribution in [1.82, 2.24) is 9.80 Å². The van der Waals surface area contributed by atoms with E-state index in [0.29, 0.717) is 5.75 Å². The number of likely N-dealkylation sites (tertiary alicyclic amines) is 1. The molecule has 0 N–H and O–H groups in total. The van der Waals surface area contributed by atoms with Crippen LogP contribution in [0.4, 0.5) is 0 Å². The van der Waals surface area contributed by atoms with Crippen LogP contribution >= 0.6 is 0 Å². The maximum atomic E-state index is 12.9. The van der Waals surface area contributed by atoms with E-state index in [9.17, 15) is 19.2 Å². The van der Waals surface area contributed by atoms with Gasteiger partial charge in [0.15, 0.2) is 12.1 Å². The summed E-state index contributed by atoms with van der Waals surface area (Å²) in [7, 11) is 2.75. The van der Waals surface area contributed by atoms with Crippen molar-refractivity contribution in [2.45, 2.75) is 18.6 Å². The quantitative estimate of drug-likeness (QED) is 0.430. The van der Waals surface area contributed by atoms with Crippen LogP contribution < -0.4 is 4.74 Å². The number of nitrogens with zero attached hydrogens (tertiary/aromatic N) is 2. The average Bonchev–Trinajstić information content (AvgIpc) is 3.00. The summed E-state index contributed by atoms with van der Waals surface area (Å²) in [5, 5.41) is 0. The van der Waals surface area contributed by atoms with E-state index in [4.69, 9.17) is 9.47 Å². The van der Waals surface area contributed by atoms with E-state index in [-0.39, 0.29) is 17.7 Å². The van der Waals surface area contributed by atoms with Crippen LogP contribution in [0.5, 0.6) is 5.75 Å². The molecule has 3 amide bonds. The van der Waals surface area contributed by atoms with Gasteiger partial charge in [-0.2, -0.15) is 0 Å². The Morgan fingerprint density at radius 2 is 1.52 bits per heavy atom. The van der Waals surface area contributed by atoms with Crippen molar-refractivity contribution in [1.29, 1.82) is 0 Å². The highest BCUT2D eigenvalue weighted by atomic mass is 16.5. The van der Waals surface area contributed by atoms with Gasteiger partial charge in [-0.05, 0) is 29.8 Å². The fourth-order valence-corrected chi connectivity index (χ4v) is 3.72. The number of ether oxygens (including phenoxy) is 2. The molecule has 0 spiro atoms. The first-order chi connectivity index (χ1) is 14.0. The lowest BCUT2D eigenvalue weighted by atomic mass is 9.92. The van der Waals surface area contributed by atoms with E-state index in [1.54, 1.807) is 43.5 Å². The Bertz CT molecular complexity index is 981. The molecule has 0 radical (unpaired) electrons. The Balaban J connectivity index is 1.61. The second kappa shape index (κ2) is 7.05. The molecule has 2 atom stereocenters. The number of carbonyl (C=O) groups excluding carboxylic acids is 4. The first-order valence-corrected chi connectivity index (χ1v) is 8.96. The number of benzene rings is 2. The average molecular weight is 394 g/mol. The number of rotatable bonds is 5. The van der Waals surface area contributed by atoms with Crippen LogP contribution in [0, 0.1) is 0 Å². The Morgan fingerprint density at radius 3 is 2.03 bits per heavy atom. The van der Waals surface area contributed by atoms with Gasteiger partial charge in [-0.25, -0.2) is 4.79 Å². The van der Waals surface area contributed by atoms with Gasteiger partial charge < -0.3 is 14.4 Å². The predicted molar refractivity (Wildman–Crippen MR) is 100 cm³/mol.